The summed E-state index contributed by atoms with van der Waals surface area (Å²) in [7, 11) is 0. The molecule has 0 rings (SSSR count). The standard InChI is InChI=1S/C7H11ClO4/c1-4(8)7(11)12-3-6(10)5(2)9/h5-6,9-10H,1,3H2,2H3. The highest BCUT2D eigenvalue weighted by atomic mass is 35.5. The van der Waals surface area contributed by atoms with Gasteiger partial charge in [-0.3, -0.25) is 0 Å². The second-order valence-electron chi connectivity index (χ2n) is 2.31. The second kappa shape index (κ2) is 5.13. The third-order valence-electron chi connectivity index (χ3n) is 1.16. The van der Waals surface area contributed by atoms with E-state index in [2.05, 4.69) is 11.3 Å². The van der Waals surface area contributed by atoms with E-state index in [0.717, 1.165) is 0 Å². The van der Waals surface area contributed by atoms with Crippen molar-refractivity contribution in [3.63, 3.8) is 0 Å². The van der Waals surface area contributed by atoms with E-state index in [1.165, 1.54) is 6.92 Å². The number of carbonyl (C=O) groups is 1. The molecular weight excluding hydrogens is 184 g/mol. The summed E-state index contributed by atoms with van der Waals surface area (Å²) in [4.78, 5) is 10.6. The first-order valence-corrected chi connectivity index (χ1v) is 3.70. The van der Waals surface area contributed by atoms with Crippen molar-refractivity contribution < 1.29 is 19.7 Å². The SMILES string of the molecule is C=C(Cl)C(=O)OCC(O)C(C)O. The van der Waals surface area contributed by atoms with Gasteiger partial charge in [-0.05, 0) is 6.92 Å². The molecule has 0 saturated heterocycles. The van der Waals surface area contributed by atoms with Crippen LogP contribution in [-0.4, -0.2) is 35.0 Å². The lowest BCUT2D eigenvalue weighted by atomic mass is 10.2. The fourth-order valence-electron chi connectivity index (χ4n) is 0.379. The average molecular weight is 195 g/mol. The van der Waals surface area contributed by atoms with Crippen molar-refractivity contribution >= 4 is 17.6 Å². The molecule has 0 fully saturated rings. The Morgan fingerprint density at radius 1 is 1.67 bits per heavy atom. The molecule has 0 spiro atoms. The van der Waals surface area contributed by atoms with Gasteiger partial charge in [-0.15, -0.1) is 0 Å². The lowest BCUT2D eigenvalue weighted by Crippen LogP contribution is -2.29. The molecule has 2 N–H and O–H groups in total. The van der Waals surface area contributed by atoms with E-state index in [9.17, 15) is 4.79 Å². The van der Waals surface area contributed by atoms with Crippen molar-refractivity contribution in [2.45, 2.75) is 19.1 Å². The van der Waals surface area contributed by atoms with Gasteiger partial charge in [0.25, 0.3) is 0 Å². The van der Waals surface area contributed by atoms with E-state index >= 15 is 0 Å². The molecule has 0 aromatic heterocycles. The fraction of sp³-hybridized carbons (Fsp3) is 0.571. The zero-order valence-electron chi connectivity index (χ0n) is 6.66. The predicted octanol–water partition coefficient (Wildman–Crippen LogP) is 0.0238. The topological polar surface area (TPSA) is 66.8 Å². The smallest absolute Gasteiger partial charge is 0.349 e. The summed E-state index contributed by atoms with van der Waals surface area (Å²) in [5.74, 6) is -0.795. The molecular formula is C7H11ClO4. The van der Waals surface area contributed by atoms with Gasteiger partial charge in [-0.1, -0.05) is 18.2 Å². The Hall–Kier alpha value is -0.580. The minimum atomic E-state index is -1.09. The van der Waals surface area contributed by atoms with Crippen LogP contribution in [-0.2, 0) is 9.53 Å². The Bertz CT molecular complexity index is 178. The molecule has 12 heavy (non-hydrogen) atoms. The quantitative estimate of drug-likeness (QED) is 0.489. The molecule has 0 amide bonds. The van der Waals surface area contributed by atoms with Crippen molar-refractivity contribution in [2.24, 2.45) is 0 Å². The average Bonchev–Trinajstić information content (AvgIpc) is 1.98. The molecule has 0 heterocycles. The number of halogens is 1. The van der Waals surface area contributed by atoms with E-state index in [0.29, 0.717) is 0 Å². The molecule has 0 aliphatic rings. The molecule has 0 aromatic carbocycles. The highest BCUT2D eigenvalue weighted by Gasteiger charge is 2.14. The van der Waals surface area contributed by atoms with Gasteiger partial charge in [0.2, 0.25) is 0 Å². The highest BCUT2D eigenvalue weighted by Crippen LogP contribution is 2.01. The van der Waals surface area contributed by atoms with Crippen LogP contribution in [0.1, 0.15) is 6.92 Å². The van der Waals surface area contributed by atoms with E-state index in [1.54, 1.807) is 0 Å². The van der Waals surface area contributed by atoms with Crippen LogP contribution in [0.5, 0.6) is 0 Å². The molecule has 0 aliphatic carbocycles. The molecule has 5 heteroatoms. The van der Waals surface area contributed by atoms with Crippen LogP contribution in [0, 0.1) is 0 Å². The maximum atomic E-state index is 10.6. The predicted molar refractivity (Wildman–Crippen MR) is 43.6 cm³/mol. The van der Waals surface area contributed by atoms with Gasteiger partial charge in [-0.2, -0.15) is 0 Å². The molecule has 0 radical (unpaired) electrons. The molecule has 0 bridgehead atoms. The third kappa shape index (κ3) is 4.33. The minimum Gasteiger partial charge on any atom is -0.459 e. The van der Waals surface area contributed by atoms with E-state index in [4.69, 9.17) is 21.8 Å². The monoisotopic (exact) mass is 194 g/mol. The fourth-order valence-corrected chi connectivity index (χ4v) is 0.433. The molecule has 2 unspecified atom stereocenters. The Kier molecular flexibility index (Phi) is 4.89. The summed E-state index contributed by atoms with van der Waals surface area (Å²) < 4.78 is 4.45. The molecule has 4 nitrogen and oxygen atoms in total. The van der Waals surface area contributed by atoms with E-state index in [-0.39, 0.29) is 11.6 Å². The van der Waals surface area contributed by atoms with Gasteiger partial charge >= 0.3 is 5.97 Å². The zero-order valence-corrected chi connectivity index (χ0v) is 7.41. The van der Waals surface area contributed by atoms with Gasteiger partial charge < -0.3 is 14.9 Å². The summed E-state index contributed by atoms with van der Waals surface area (Å²) in [6, 6.07) is 0. The van der Waals surface area contributed by atoms with Gasteiger partial charge in [0, 0.05) is 0 Å². The summed E-state index contributed by atoms with van der Waals surface area (Å²) in [6.45, 7) is 4.22. The van der Waals surface area contributed by atoms with Crippen molar-refractivity contribution in [3.05, 3.63) is 11.6 Å². The number of aliphatic hydroxyl groups is 2. The van der Waals surface area contributed by atoms with Crippen LogP contribution in [0.15, 0.2) is 11.6 Å². The second-order valence-corrected chi connectivity index (χ2v) is 2.77. The first-order valence-electron chi connectivity index (χ1n) is 3.32. The summed E-state index contributed by atoms with van der Waals surface area (Å²) in [6.07, 6.45) is -2.04. The van der Waals surface area contributed by atoms with Crippen molar-refractivity contribution in [1.82, 2.24) is 0 Å². The van der Waals surface area contributed by atoms with Crippen LogP contribution in [0.2, 0.25) is 0 Å². The van der Waals surface area contributed by atoms with Gasteiger partial charge in [0.1, 0.15) is 17.7 Å². The van der Waals surface area contributed by atoms with Gasteiger partial charge in [0.05, 0.1) is 6.10 Å². The number of carbonyl (C=O) groups excluding carboxylic acids is 1. The minimum absolute atomic E-state index is 0.257. The van der Waals surface area contributed by atoms with Crippen LogP contribution < -0.4 is 0 Å². The molecule has 0 saturated carbocycles. The molecule has 70 valence electrons. The van der Waals surface area contributed by atoms with Crippen LogP contribution in [0.3, 0.4) is 0 Å². The molecule has 0 aromatic rings. The van der Waals surface area contributed by atoms with Crippen LogP contribution in [0.4, 0.5) is 0 Å². The lowest BCUT2D eigenvalue weighted by molar-refractivity contribution is -0.143. The summed E-state index contributed by atoms with van der Waals surface area (Å²) in [5.41, 5.74) is 0. The largest absolute Gasteiger partial charge is 0.459 e. The number of hydrogen-bond acceptors (Lipinski definition) is 4. The van der Waals surface area contributed by atoms with Crippen molar-refractivity contribution in [1.29, 1.82) is 0 Å². The maximum absolute atomic E-state index is 10.6. The first kappa shape index (κ1) is 11.4. The van der Waals surface area contributed by atoms with Crippen LogP contribution >= 0.6 is 11.6 Å². The Labute approximate surface area is 75.4 Å². The van der Waals surface area contributed by atoms with Crippen molar-refractivity contribution in [2.75, 3.05) is 6.61 Å². The molecule has 2 atom stereocenters. The lowest BCUT2D eigenvalue weighted by Gasteiger charge is -2.12. The zero-order chi connectivity index (χ0) is 9.72. The maximum Gasteiger partial charge on any atom is 0.349 e. The van der Waals surface area contributed by atoms with Crippen LogP contribution in [0.25, 0.3) is 0 Å². The number of ether oxygens (including phenoxy) is 1. The molecule has 0 aliphatic heterocycles. The summed E-state index contributed by atoms with van der Waals surface area (Å²) in [5, 5.41) is 17.5. The third-order valence-corrected chi connectivity index (χ3v) is 1.32. The van der Waals surface area contributed by atoms with E-state index < -0.39 is 18.2 Å². The number of esters is 1. The highest BCUT2D eigenvalue weighted by molar-refractivity contribution is 6.40. The number of aliphatic hydroxyl groups excluding tert-OH is 2. The van der Waals surface area contributed by atoms with E-state index in [1.807, 2.05) is 0 Å². The first-order chi connectivity index (χ1) is 5.45. The Morgan fingerprint density at radius 2 is 2.17 bits per heavy atom. The summed E-state index contributed by atoms with van der Waals surface area (Å²) >= 11 is 5.18. The Balaban J connectivity index is 3.69. The number of rotatable bonds is 4. The number of hydrogen-bond donors (Lipinski definition) is 2. The van der Waals surface area contributed by atoms with Gasteiger partial charge in [0.15, 0.2) is 0 Å². The Morgan fingerprint density at radius 3 is 2.50 bits per heavy atom. The van der Waals surface area contributed by atoms with Crippen molar-refractivity contribution in [3.8, 4) is 0 Å². The normalized spacial score (nSPS) is 15.0. The van der Waals surface area contributed by atoms with Gasteiger partial charge in [-0.25, -0.2) is 4.79 Å².